The van der Waals surface area contributed by atoms with E-state index in [1.165, 1.54) is 24.8 Å². The number of rotatable bonds is 1. The topological polar surface area (TPSA) is 0 Å². The summed E-state index contributed by atoms with van der Waals surface area (Å²) in [5, 5.41) is 3.47. The van der Waals surface area contributed by atoms with Crippen LogP contribution < -0.4 is 0 Å². The van der Waals surface area contributed by atoms with Crippen LogP contribution in [0.25, 0.3) is 10.1 Å². The molecule has 3 heteroatoms. The number of aryl methyl sites for hydroxylation is 1. The summed E-state index contributed by atoms with van der Waals surface area (Å²) in [4.78, 5) is 0. The molecule has 0 atom stereocenters. The molecule has 2 rings (SSSR count). The van der Waals surface area contributed by atoms with Gasteiger partial charge in [-0.2, -0.15) is 0 Å². The summed E-state index contributed by atoms with van der Waals surface area (Å²) in [7, 11) is 0. The highest BCUT2D eigenvalue weighted by molar-refractivity contribution is 14.1. The number of benzene rings is 1. The Labute approximate surface area is 100 Å². The van der Waals surface area contributed by atoms with Gasteiger partial charge in [-0.15, -0.1) is 22.9 Å². The molecule has 0 aliphatic heterocycles. The Morgan fingerprint density at radius 1 is 1.54 bits per heavy atom. The van der Waals surface area contributed by atoms with Gasteiger partial charge in [-0.1, -0.05) is 0 Å². The van der Waals surface area contributed by atoms with E-state index in [0.29, 0.717) is 5.88 Å². The summed E-state index contributed by atoms with van der Waals surface area (Å²) in [5.41, 5.74) is 2.58. The third-order valence-electron chi connectivity index (χ3n) is 2.15. The molecular weight excluding hydrogens is 315 g/mol. The van der Waals surface area contributed by atoms with Crippen molar-refractivity contribution in [1.29, 1.82) is 0 Å². The standard InChI is InChI=1S/C10H8ClIS/c1-6-4-9(12)7-2-3-13-10(7)8(6)5-11/h2-4H,5H2,1H3. The van der Waals surface area contributed by atoms with Gasteiger partial charge in [0, 0.05) is 19.5 Å². The zero-order chi connectivity index (χ0) is 9.42. The minimum Gasteiger partial charge on any atom is -0.143 e. The molecule has 0 amide bonds. The van der Waals surface area contributed by atoms with Gasteiger partial charge in [0.05, 0.1) is 0 Å². The van der Waals surface area contributed by atoms with E-state index in [4.69, 9.17) is 11.6 Å². The number of hydrogen-bond donors (Lipinski definition) is 0. The van der Waals surface area contributed by atoms with E-state index < -0.39 is 0 Å². The molecule has 1 heterocycles. The molecule has 2 aromatic rings. The van der Waals surface area contributed by atoms with E-state index in [1.54, 1.807) is 11.3 Å². The molecule has 0 aliphatic rings. The second-order valence-electron chi connectivity index (χ2n) is 2.95. The molecular formula is C10H8ClIS. The SMILES string of the molecule is Cc1cc(I)c2ccsc2c1CCl. The van der Waals surface area contributed by atoms with E-state index >= 15 is 0 Å². The van der Waals surface area contributed by atoms with Crippen LogP contribution in [0.4, 0.5) is 0 Å². The zero-order valence-corrected chi connectivity index (χ0v) is 10.8. The molecule has 1 aromatic heterocycles. The second-order valence-corrected chi connectivity index (χ2v) is 5.30. The van der Waals surface area contributed by atoms with Crippen LogP contribution in [0.3, 0.4) is 0 Å². The van der Waals surface area contributed by atoms with E-state index in [1.807, 2.05) is 0 Å². The molecule has 1 aromatic carbocycles. The number of thiophene rings is 1. The predicted molar refractivity (Wildman–Crippen MR) is 68.8 cm³/mol. The van der Waals surface area contributed by atoms with Gasteiger partial charge < -0.3 is 0 Å². The summed E-state index contributed by atoms with van der Waals surface area (Å²) >= 11 is 10.1. The molecule has 68 valence electrons. The Bertz CT molecular complexity index is 447. The minimum atomic E-state index is 0.611. The average molecular weight is 323 g/mol. The van der Waals surface area contributed by atoms with E-state index in [-0.39, 0.29) is 0 Å². The quantitative estimate of drug-likeness (QED) is 0.533. The lowest BCUT2D eigenvalue weighted by molar-refractivity contribution is 1.34. The van der Waals surface area contributed by atoms with Crippen LogP contribution >= 0.6 is 45.5 Å². The van der Waals surface area contributed by atoms with E-state index in [0.717, 1.165) is 0 Å². The van der Waals surface area contributed by atoms with Gasteiger partial charge in [0.1, 0.15) is 0 Å². The highest BCUT2D eigenvalue weighted by atomic mass is 127. The molecule has 0 spiro atoms. The Morgan fingerprint density at radius 2 is 2.31 bits per heavy atom. The summed E-state index contributed by atoms with van der Waals surface area (Å²) in [6.07, 6.45) is 0. The highest BCUT2D eigenvalue weighted by Gasteiger charge is 2.08. The Hall–Kier alpha value is 0.200. The number of fused-ring (bicyclic) bond motifs is 1. The minimum absolute atomic E-state index is 0.611. The van der Waals surface area contributed by atoms with Crippen molar-refractivity contribution in [3.05, 3.63) is 32.2 Å². The fourth-order valence-electron chi connectivity index (χ4n) is 1.43. The van der Waals surface area contributed by atoms with Crippen molar-refractivity contribution in [2.24, 2.45) is 0 Å². The van der Waals surface area contributed by atoms with Crippen LogP contribution in [0.5, 0.6) is 0 Å². The van der Waals surface area contributed by atoms with Crippen molar-refractivity contribution >= 4 is 55.6 Å². The predicted octanol–water partition coefficient (Wildman–Crippen LogP) is 4.55. The Morgan fingerprint density at radius 3 is 3.00 bits per heavy atom. The van der Waals surface area contributed by atoms with Crippen molar-refractivity contribution in [2.45, 2.75) is 12.8 Å². The van der Waals surface area contributed by atoms with Crippen molar-refractivity contribution < 1.29 is 0 Å². The van der Waals surface area contributed by atoms with Gasteiger partial charge in [0.2, 0.25) is 0 Å². The largest absolute Gasteiger partial charge is 0.143 e. The molecule has 0 radical (unpaired) electrons. The maximum absolute atomic E-state index is 5.92. The first-order valence-corrected chi connectivity index (χ1v) is 6.44. The number of alkyl halides is 1. The number of hydrogen-bond acceptors (Lipinski definition) is 1. The van der Waals surface area contributed by atoms with Crippen LogP contribution in [-0.2, 0) is 5.88 Å². The molecule has 0 N–H and O–H groups in total. The normalized spacial score (nSPS) is 11.0. The van der Waals surface area contributed by atoms with Gasteiger partial charge in [-0.05, 0) is 58.2 Å². The first-order chi connectivity index (χ1) is 6.24. The van der Waals surface area contributed by atoms with Crippen molar-refractivity contribution in [1.82, 2.24) is 0 Å². The smallest absolute Gasteiger partial charge is 0.0490 e. The molecule has 0 saturated carbocycles. The van der Waals surface area contributed by atoms with Crippen molar-refractivity contribution in [2.75, 3.05) is 0 Å². The van der Waals surface area contributed by atoms with Crippen LogP contribution in [0, 0.1) is 10.5 Å². The maximum Gasteiger partial charge on any atom is 0.0490 e. The highest BCUT2D eigenvalue weighted by Crippen LogP contribution is 2.32. The van der Waals surface area contributed by atoms with Crippen LogP contribution in [0.1, 0.15) is 11.1 Å². The maximum atomic E-state index is 5.92. The molecule has 13 heavy (non-hydrogen) atoms. The van der Waals surface area contributed by atoms with E-state index in [9.17, 15) is 0 Å². The first-order valence-electron chi connectivity index (χ1n) is 3.95. The van der Waals surface area contributed by atoms with Gasteiger partial charge in [-0.25, -0.2) is 0 Å². The van der Waals surface area contributed by atoms with Crippen LogP contribution in [0.15, 0.2) is 17.5 Å². The fourth-order valence-corrected chi connectivity index (χ4v) is 3.97. The van der Waals surface area contributed by atoms with Crippen LogP contribution in [-0.4, -0.2) is 0 Å². The van der Waals surface area contributed by atoms with E-state index in [2.05, 4.69) is 47.0 Å². The van der Waals surface area contributed by atoms with Gasteiger partial charge in [0.15, 0.2) is 0 Å². The lowest BCUT2D eigenvalue weighted by Gasteiger charge is -2.05. The Kier molecular flexibility index (Phi) is 2.81. The molecule has 0 fully saturated rings. The zero-order valence-electron chi connectivity index (χ0n) is 7.10. The third-order valence-corrected chi connectivity index (χ3v) is 4.28. The van der Waals surface area contributed by atoms with Gasteiger partial charge in [-0.3, -0.25) is 0 Å². The third kappa shape index (κ3) is 1.60. The van der Waals surface area contributed by atoms with Crippen molar-refractivity contribution in [3.8, 4) is 0 Å². The lowest BCUT2D eigenvalue weighted by Crippen LogP contribution is -1.86. The molecule has 0 bridgehead atoms. The first kappa shape index (κ1) is 9.74. The average Bonchev–Trinajstić information content (AvgIpc) is 2.53. The molecule has 0 aliphatic carbocycles. The second kappa shape index (κ2) is 3.75. The summed E-state index contributed by atoms with van der Waals surface area (Å²) in [6.45, 7) is 2.12. The summed E-state index contributed by atoms with van der Waals surface area (Å²) < 4.78 is 2.67. The van der Waals surface area contributed by atoms with Crippen LogP contribution in [0.2, 0.25) is 0 Å². The Balaban J connectivity index is 2.88. The monoisotopic (exact) mass is 322 g/mol. The lowest BCUT2D eigenvalue weighted by atomic mass is 10.1. The number of halogens is 2. The van der Waals surface area contributed by atoms with Gasteiger partial charge in [0.25, 0.3) is 0 Å². The fraction of sp³-hybridized carbons (Fsp3) is 0.200. The van der Waals surface area contributed by atoms with Crippen molar-refractivity contribution in [3.63, 3.8) is 0 Å². The molecule has 0 saturated heterocycles. The van der Waals surface area contributed by atoms with Gasteiger partial charge >= 0.3 is 0 Å². The molecule has 0 unspecified atom stereocenters. The summed E-state index contributed by atoms with van der Waals surface area (Å²) in [6, 6.07) is 4.37. The summed E-state index contributed by atoms with van der Waals surface area (Å²) in [5.74, 6) is 0.611. The molecule has 0 nitrogen and oxygen atoms in total.